The third kappa shape index (κ3) is 1.25. The summed E-state index contributed by atoms with van der Waals surface area (Å²) < 4.78 is 0. The summed E-state index contributed by atoms with van der Waals surface area (Å²) in [5.41, 5.74) is 6.52. The third-order valence-electron chi connectivity index (χ3n) is 2.90. The molecule has 0 bridgehead atoms. The van der Waals surface area contributed by atoms with Crippen LogP contribution < -0.4 is 11.1 Å². The largest absolute Gasteiger partial charge is 0.478 e. The molecule has 0 spiro atoms. The van der Waals surface area contributed by atoms with E-state index in [1.165, 1.54) is 12.1 Å². The van der Waals surface area contributed by atoms with Crippen LogP contribution in [0.4, 0.5) is 11.4 Å². The zero-order chi connectivity index (χ0) is 12.1. The van der Waals surface area contributed by atoms with Crippen molar-refractivity contribution < 1.29 is 14.7 Å². The van der Waals surface area contributed by atoms with Crippen LogP contribution in [0.2, 0.25) is 0 Å². The van der Waals surface area contributed by atoms with Gasteiger partial charge < -0.3 is 16.2 Å². The maximum Gasteiger partial charge on any atom is 0.335 e. The molecule has 1 heterocycles. The van der Waals surface area contributed by atoms with Crippen molar-refractivity contribution in [2.24, 2.45) is 0 Å². The first-order chi connectivity index (χ1) is 7.34. The summed E-state index contributed by atoms with van der Waals surface area (Å²) in [6, 6.07) is 2.84. The average molecular weight is 220 g/mol. The van der Waals surface area contributed by atoms with Gasteiger partial charge in [-0.25, -0.2) is 4.79 Å². The molecule has 2 rings (SSSR count). The number of aromatic carboxylic acids is 1. The normalized spacial score (nSPS) is 16.8. The quantitative estimate of drug-likeness (QED) is 0.620. The molecule has 0 saturated carbocycles. The van der Waals surface area contributed by atoms with Crippen LogP contribution in [0.1, 0.15) is 29.8 Å². The SMILES string of the molecule is CC1(C)C(=O)Nc2c(N)cc(C(=O)O)cc21. The van der Waals surface area contributed by atoms with Gasteiger partial charge in [-0.2, -0.15) is 0 Å². The van der Waals surface area contributed by atoms with Crippen molar-refractivity contribution in [3.63, 3.8) is 0 Å². The molecule has 0 fully saturated rings. The van der Waals surface area contributed by atoms with Crippen LogP contribution in [0.5, 0.6) is 0 Å². The number of anilines is 2. The van der Waals surface area contributed by atoms with E-state index in [-0.39, 0.29) is 17.2 Å². The molecule has 0 unspecified atom stereocenters. The maximum atomic E-state index is 11.7. The molecule has 16 heavy (non-hydrogen) atoms. The second-order valence-electron chi connectivity index (χ2n) is 4.37. The molecule has 1 aliphatic heterocycles. The predicted octanol–water partition coefficient (Wildman–Crippen LogP) is 1.20. The standard InChI is InChI=1S/C11H12N2O3/c1-11(2)6-3-5(9(14)15)4-7(12)8(6)13-10(11)16/h3-4H,12H2,1-2H3,(H,13,16)(H,14,15). The lowest BCUT2D eigenvalue weighted by Gasteiger charge is -2.15. The summed E-state index contributed by atoms with van der Waals surface area (Å²) in [4.78, 5) is 22.6. The Morgan fingerprint density at radius 1 is 1.44 bits per heavy atom. The van der Waals surface area contributed by atoms with Crippen molar-refractivity contribution in [3.8, 4) is 0 Å². The average Bonchev–Trinajstić information content (AvgIpc) is 2.40. The molecule has 5 nitrogen and oxygen atoms in total. The topological polar surface area (TPSA) is 92.4 Å². The fraction of sp³-hybridized carbons (Fsp3) is 0.273. The first kappa shape index (κ1) is 10.5. The Labute approximate surface area is 92.3 Å². The van der Waals surface area contributed by atoms with Crippen LogP contribution in [0.15, 0.2) is 12.1 Å². The van der Waals surface area contributed by atoms with Crippen molar-refractivity contribution in [1.82, 2.24) is 0 Å². The molecule has 0 saturated heterocycles. The molecule has 84 valence electrons. The van der Waals surface area contributed by atoms with Crippen LogP contribution in [0.25, 0.3) is 0 Å². The highest BCUT2D eigenvalue weighted by atomic mass is 16.4. The lowest BCUT2D eigenvalue weighted by molar-refractivity contribution is -0.119. The second-order valence-corrected chi connectivity index (χ2v) is 4.37. The van der Waals surface area contributed by atoms with E-state index in [0.29, 0.717) is 11.3 Å². The summed E-state index contributed by atoms with van der Waals surface area (Å²) in [7, 11) is 0. The van der Waals surface area contributed by atoms with Gasteiger partial charge in [0.1, 0.15) is 0 Å². The molecule has 1 aromatic carbocycles. The minimum absolute atomic E-state index is 0.0980. The fourth-order valence-corrected chi connectivity index (χ4v) is 1.81. The zero-order valence-electron chi connectivity index (χ0n) is 9.00. The number of benzene rings is 1. The summed E-state index contributed by atoms with van der Waals surface area (Å²) in [6.07, 6.45) is 0. The fourth-order valence-electron chi connectivity index (χ4n) is 1.81. The summed E-state index contributed by atoms with van der Waals surface area (Å²) in [6.45, 7) is 3.47. The number of nitrogens with one attached hydrogen (secondary N) is 1. The van der Waals surface area contributed by atoms with Gasteiger partial charge >= 0.3 is 5.97 Å². The first-order valence-corrected chi connectivity index (χ1v) is 4.83. The minimum atomic E-state index is -1.05. The van der Waals surface area contributed by atoms with Gasteiger partial charge in [-0.05, 0) is 31.5 Å². The van der Waals surface area contributed by atoms with Gasteiger partial charge in [0.05, 0.1) is 22.4 Å². The molecule has 0 aromatic heterocycles. The monoisotopic (exact) mass is 220 g/mol. The number of hydrogen-bond acceptors (Lipinski definition) is 3. The maximum absolute atomic E-state index is 11.7. The van der Waals surface area contributed by atoms with Crippen LogP contribution in [-0.2, 0) is 10.2 Å². The van der Waals surface area contributed by atoms with Crippen molar-refractivity contribution >= 4 is 23.3 Å². The smallest absolute Gasteiger partial charge is 0.335 e. The molecule has 0 radical (unpaired) electrons. The lowest BCUT2D eigenvalue weighted by Crippen LogP contribution is -2.26. The van der Waals surface area contributed by atoms with Crippen molar-refractivity contribution in [1.29, 1.82) is 0 Å². The Morgan fingerprint density at radius 2 is 2.06 bits per heavy atom. The molecular formula is C11H12N2O3. The van der Waals surface area contributed by atoms with E-state index < -0.39 is 11.4 Å². The summed E-state index contributed by atoms with van der Waals surface area (Å²) in [5, 5.41) is 11.6. The molecule has 4 N–H and O–H groups in total. The number of nitrogens with two attached hydrogens (primary N) is 1. The molecular weight excluding hydrogens is 208 g/mol. The van der Waals surface area contributed by atoms with Gasteiger partial charge in [-0.1, -0.05) is 0 Å². The molecule has 1 aromatic rings. The van der Waals surface area contributed by atoms with Gasteiger partial charge in [-0.3, -0.25) is 4.79 Å². The van der Waals surface area contributed by atoms with E-state index in [1.807, 2.05) is 0 Å². The Morgan fingerprint density at radius 3 is 2.62 bits per heavy atom. The van der Waals surface area contributed by atoms with Crippen molar-refractivity contribution in [3.05, 3.63) is 23.3 Å². The van der Waals surface area contributed by atoms with Crippen LogP contribution in [0.3, 0.4) is 0 Å². The number of carboxylic acid groups (broad SMARTS) is 1. The number of hydrogen-bond donors (Lipinski definition) is 3. The Kier molecular flexibility index (Phi) is 1.95. The van der Waals surface area contributed by atoms with Gasteiger partial charge in [0.2, 0.25) is 5.91 Å². The second kappa shape index (κ2) is 2.98. The molecule has 1 aliphatic rings. The Bertz CT molecular complexity index is 506. The van der Waals surface area contributed by atoms with Crippen LogP contribution in [0, 0.1) is 0 Å². The zero-order valence-corrected chi connectivity index (χ0v) is 9.00. The number of rotatable bonds is 1. The predicted molar refractivity (Wildman–Crippen MR) is 59.5 cm³/mol. The van der Waals surface area contributed by atoms with E-state index in [1.54, 1.807) is 13.8 Å². The highest BCUT2D eigenvalue weighted by molar-refractivity contribution is 6.09. The van der Waals surface area contributed by atoms with Crippen molar-refractivity contribution in [2.75, 3.05) is 11.1 Å². The Hall–Kier alpha value is -2.04. The molecule has 5 heteroatoms. The number of fused-ring (bicyclic) bond motifs is 1. The van der Waals surface area contributed by atoms with Crippen LogP contribution in [-0.4, -0.2) is 17.0 Å². The summed E-state index contributed by atoms with van der Waals surface area (Å²) in [5.74, 6) is -1.22. The molecule has 0 atom stereocenters. The number of amides is 1. The van der Waals surface area contributed by atoms with Gasteiger partial charge in [0.25, 0.3) is 0 Å². The van der Waals surface area contributed by atoms with Gasteiger partial charge in [-0.15, -0.1) is 0 Å². The highest BCUT2D eigenvalue weighted by Gasteiger charge is 2.39. The molecule has 1 amide bonds. The lowest BCUT2D eigenvalue weighted by atomic mass is 9.85. The van der Waals surface area contributed by atoms with E-state index in [9.17, 15) is 9.59 Å². The van der Waals surface area contributed by atoms with E-state index in [2.05, 4.69) is 5.32 Å². The Balaban J connectivity index is 2.69. The van der Waals surface area contributed by atoms with Crippen LogP contribution >= 0.6 is 0 Å². The van der Waals surface area contributed by atoms with E-state index >= 15 is 0 Å². The number of nitrogen functional groups attached to an aromatic ring is 1. The molecule has 0 aliphatic carbocycles. The van der Waals surface area contributed by atoms with Gasteiger partial charge in [0, 0.05) is 0 Å². The van der Waals surface area contributed by atoms with Crippen molar-refractivity contribution in [2.45, 2.75) is 19.3 Å². The number of carbonyl (C=O) groups excluding carboxylic acids is 1. The van der Waals surface area contributed by atoms with E-state index in [4.69, 9.17) is 10.8 Å². The minimum Gasteiger partial charge on any atom is -0.478 e. The van der Waals surface area contributed by atoms with E-state index in [0.717, 1.165) is 0 Å². The third-order valence-corrected chi connectivity index (χ3v) is 2.90. The first-order valence-electron chi connectivity index (χ1n) is 4.83. The number of carboxylic acids is 1. The number of carbonyl (C=O) groups is 2. The summed E-state index contributed by atoms with van der Waals surface area (Å²) >= 11 is 0. The van der Waals surface area contributed by atoms with Gasteiger partial charge in [0.15, 0.2) is 0 Å². The highest BCUT2D eigenvalue weighted by Crippen LogP contribution is 2.41.